The van der Waals surface area contributed by atoms with Gasteiger partial charge in [-0.1, -0.05) is 18.2 Å². The maximum Gasteiger partial charge on any atom is 0.303 e. The van der Waals surface area contributed by atoms with E-state index in [0.717, 1.165) is 16.5 Å². The Morgan fingerprint density at radius 3 is 2.72 bits per heavy atom. The molecule has 0 fully saturated rings. The third-order valence-electron chi connectivity index (χ3n) is 2.96. The quantitative estimate of drug-likeness (QED) is 0.901. The van der Waals surface area contributed by atoms with Crippen molar-refractivity contribution in [2.75, 3.05) is 0 Å². The average Bonchev–Trinajstić information content (AvgIpc) is 2.73. The van der Waals surface area contributed by atoms with Gasteiger partial charge in [-0.15, -0.1) is 0 Å². The molecule has 18 heavy (non-hydrogen) atoms. The predicted octanol–water partition coefficient (Wildman–Crippen LogP) is 2.84. The number of fused-ring (bicyclic) bond motifs is 1. The molecule has 0 bridgehead atoms. The minimum atomic E-state index is -0.864. The second-order valence-electron chi connectivity index (χ2n) is 4.34. The van der Waals surface area contributed by atoms with Gasteiger partial charge in [-0.3, -0.25) is 14.2 Å². The number of aliphatic carboxylic acids is 1. The van der Waals surface area contributed by atoms with E-state index >= 15 is 0 Å². The topological polar surface area (TPSA) is 59.3 Å². The summed E-state index contributed by atoms with van der Waals surface area (Å²) in [7, 11) is 0. The molecule has 1 heterocycles. The molecule has 1 aromatic heterocycles. The fourth-order valence-corrected chi connectivity index (χ4v) is 2.09. The fraction of sp³-hybridized carbons (Fsp3) is 0.286. The summed E-state index contributed by atoms with van der Waals surface area (Å²) >= 11 is 0. The van der Waals surface area contributed by atoms with Crippen LogP contribution in [0.4, 0.5) is 0 Å². The van der Waals surface area contributed by atoms with Crippen LogP contribution in [0.25, 0.3) is 10.9 Å². The molecule has 4 nitrogen and oxygen atoms in total. The van der Waals surface area contributed by atoms with Crippen molar-refractivity contribution in [2.45, 2.75) is 26.2 Å². The number of hydrogen-bond acceptors (Lipinski definition) is 2. The summed E-state index contributed by atoms with van der Waals surface area (Å²) in [5.74, 6) is -0.920. The molecule has 0 spiro atoms. The minimum Gasteiger partial charge on any atom is -0.481 e. The van der Waals surface area contributed by atoms with Crippen molar-refractivity contribution in [3.05, 3.63) is 36.0 Å². The van der Waals surface area contributed by atoms with Gasteiger partial charge in [0.25, 0.3) is 0 Å². The number of aryl methyl sites for hydroxylation is 1. The monoisotopic (exact) mass is 245 g/mol. The number of para-hydroxylation sites is 1. The normalized spacial score (nSPS) is 10.7. The second kappa shape index (κ2) is 5.04. The Hall–Kier alpha value is -2.10. The van der Waals surface area contributed by atoms with Gasteiger partial charge in [0.1, 0.15) is 0 Å². The summed E-state index contributed by atoms with van der Waals surface area (Å²) in [6.45, 7) is 1.96. The van der Waals surface area contributed by atoms with Gasteiger partial charge >= 0.3 is 5.97 Å². The van der Waals surface area contributed by atoms with Crippen molar-refractivity contribution in [3.8, 4) is 0 Å². The Kier molecular flexibility index (Phi) is 3.46. The molecule has 0 aliphatic carbocycles. The van der Waals surface area contributed by atoms with Gasteiger partial charge in [0.2, 0.25) is 5.91 Å². The zero-order valence-corrected chi connectivity index (χ0v) is 10.2. The van der Waals surface area contributed by atoms with Crippen LogP contribution in [0.15, 0.2) is 30.5 Å². The smallest absolute Gasteiger partial charge is 0.303 e. The molecule has 2 rings (SSSR count). The number of carbonyl (C=O) groups is 2. The largest absolute Gasteiger partial charge is 0.481 e. The highest BCUT2D eigenvalue weighted by Crippen LogP contribution is 2.20. The van der Waals surface area contributed by atoms with Crippen LogP contribution in [0.5, 0.6) is 0 Å². The van der Waals surface area contributed by atoms with Gasteiger partial charge in [-0.25, -0.2) is 0 Å². The van der Waals surface area contributed by atoms with E-state index < -0.39 is 5.97 Å². The van der Waals surface area contributed by atoms with Gasteiger partial charge < -0.3 is 5.11 Å². The molecule has 1 aromatic carbocycles. The van der Waals surface area contributed by atoms with Crippen LogP contribution in [-0.2, 0) is 4.79 Å². The third kappa shape index (κ3) is 2.42. The molecule has 4 heteroatoms. The Bertz CT molecular complexity index is 598. The van der Waals surface area contributed by atoms with E-state index in [1.54, 1.807) is 10.8 Å². The first kappa shape index (κ1) is 12.4. The molecule has 0 aliphatic heterocycles. The standard InChI is InChI=1S/C14H15NO3/c1-10-4-2-5-11-8-9-15(14(10)11)12(16)6-3-7-13(17)18/h2,4-5,8-9H,3,6-7H2,1H3,(H,17,18). The average molecular weight is 245 g/mol. The number of carbonyl (C=O) groups excluding carboxylic acids is 1. The van der Waals surface area contributed by atoms with Crippen LogP contribution in [0.3, 0.4) is 0 Å². The Labute approximate surface area is 105 Å². The van der Waals surface area contributed by atoms with Crippen LogP contribution in [0.2, 0.25) is 0 Å². The lowest BCUT2D eigenvalue weighted by atomic mass is 10.1. The highest BCUT2D eigenvalue weighted by molar-refractivity contribution is 5.94. The summed E-state index contributed by atoms with van der Waals surface area (Å²) in [6, 6.07) is 7.78. The lowest BCUT2D eigenvalue weighted by molar-refractivity contribution is -0.137. The van der Waals surface area contributed by atoms with E-state index in [2.05, 4.69) is 0 Å². The maximum absolute atomic E-state index is 12.0. The van der Waals surface area contributed by atoms with Crippen LogP contribution >= 0.6 is 0 Å². The van der Waals surface area contributed by atoms with Gasteiger partial charge in [-0.05, 0) is 25.0 Å². The summed E-state index contributed by atoms with van der Waals surface area (Å²) in [4.78, 5) is 22.4. The first-order valence-electron chi connectivity index (χ1n) is 5.91. The van der Waals surface area contributed by atoms with E-state index in [9.17, 15) is 9.59 Å². The lowest BCUT2D eigenvalue weighted by Gasteiger charge is -2.05. The Morgan fingerprint density at radius 2 is 2.00 bits per heavy atom. The highest BCUT2D eigenvalue weighted by atomic mass is 16.4. The number of benzene rings is 1. The van der Waals surface area contributed by atoms with Crippen LogP contribution < -0.4 is 0 Å². The molecule has 0 radical (unpaired) electrons. The van der Waals surface area contributed by atoms with Crippen molar-refractivity contribution in [1.82, 2.24) is 4.57 Å². The summed E-state index contributed by atoms with van der Waals surface area (Å²) < 4.78 is 1.62. The molecule has 0 unspecified atom stereocenters. The van der Waals surface area contributed by atoms with E-state index in [-0.39, 0.29) is 18.7 Å². The first-order valence-corrected chi connectivity index (χ1v) is 5.91. The number of hydrogen-bond donors (Lipinski definition) is 1. The van der Waals surface area contributed by atoms with Crippen LogP contribution in [0.1, 0.15) is 29.6 Å². The van der Waals surface area contributed by atoms with Crippen LogP contribution in [-0.4, -0.2) is 21.6 Å². The van der Waals surface area contributed by atoms with Gasteiger partial charge in [0, 0.05) is 24.4 Å². The molecule has 1 N–H and O–H groups in total. The van der Waals surface area contributed by atoms with Crippen molar-refractivity contribution in [3.63, 3.8) is 0 Å². The second-order valence-corrected chi connectivity index (χ2v) is 4.34. The summed E-state index contributed by atoms with van der Waals surface area (Å²) in [6.07, 6.45) is 2.41. The van der Waals surface area contributed by atoms with Crippen molar-refractivity contribution in [1.29, 1.82) is 0 Å². The van der Waals surface area contributed by atoms with Crippen molar-refractivity contribution >= 4 is 22.8 Å². The zero-order valence-electron chi connectivity index (χ0n) is 10.2. The fourth-order valence-electron chi connectivity index (χ4n) is 2.09. The third-order valence-corrected chi connectivity index (χ3v) is 2.96. The number of aromatic nitrogens is 1. The van der Waals surface area contributed by atoms with Crippen LogP contribution in [0, 0.1) is 6.92 Å². The molecule has 0 atom stereocenters. The SMILES string of the molecule is Cc1cccc2ccn(C(=O)CCCC(=O)O)c12. The molecule has 94 valence electrons. The highest BCUT2D eigenvalue weighted by Gasteiger charge is 2.10. The summed E-state index contributed by atoms with van der Waals surface area (Å²) in [5.41, 5.74) is 1.96. The molecular formula is C14H15NO3. The van der Waals surface area contributed by atoms with Crippen molar-refractivity contribution in [2.24, 2.45) is 0 Å². The molecule has 2 aromatic rings. The number of nitrogens with zero attached hydrogens (tertiary/aromatic N) is 1. The Morgan fingerprint density at radius 1 is 1.22 bits per heavy atom. The minimum absolute atomic E-state index is 0.0317. The van der Waals surface area contributed by atoms with E-state index in [1.165, 1.54) is 0 Å². The lowest BCUT2D eigenvalue weighted by Crippen LogP contribution is -2.10. The number of rotatable bonds is 4. The van der Waals surface area contributed by atoms with Gasteiger partial charge in [-0.2, -0.15) is 0 Å². The van der Waals surface area contributed by atoms with E-state index in [1.807, 2.05) is 31.2 Å². The Balaban J connectivity index is 2.20. The first-order chi connectivity index (χ1) is 8.59. The van der Waals surface area contributed by atoms with Gasteiger partial charge in [0.15, 0.2) is 0 Å². The maximum atomic E-state index is 12.0. The molecule has 0 saturated carbocycles. The number of carboxylic acids is 1. The van der Waals surface area contributed by atoms with Crippen molar-refractivity contribution < 1.29 is 14.7 Å². The molecular weight excluding hydrogens is 230 g/mol. The molecule has 0 aliphatic rings. The zero-order chi connectivity index (χ0) is 13.1. The molecule has 0 saturated heterocycles. The van der Waals surface area contributed by atoms with E-state index in [4.69, 9.17) is 5.11 Å². The number of carboxylic acid groups (broad SMARTS) is 1. The van der Waals surface area contributed by atoms with Gasteiger partial charge in [0.05, 0.1) is 5.52 Å². The molecule has 0 amide bonds. The summed E-state index contributed by atoms with van der Waals surface area (Å²) in [5, 5.41) is 9.58. The van der Waals surface area contributed by atoms with E-state index in [0.29, 0.717) is 6.42 Å². The predicted molar refractivity (Wildman–Crippen MR) is 68.8 cm³/mol.